The fourth-order valence-corrected chi connectivity index (χ4v) is 7.05. The van der Waals surface area contributed by atoms with E-state index >= 15 is 0 Å². The second-order valence-electron chi connectivity index (χ2n) is 15.3. The highest BCUT2D eigenvalue weighted by molar-refractivity contribution is 6.01. The van der Waals surface area contributed by atoms with Crippen molar-refractivity contribution in [1.82, 2.24) is 9.80 Å². The number of rotatable bonds is 11. The van der Waals surface area contributed by atoms with Gasteiger partial charge in [-0.1, -0.05) is 73.7 Å². The Kier molecular flexibility index (Phi) is 12.0. The lowest BCUT2D eigenvalue weighted by Crippen LogP contribution is -2.50. The summed E-state index contributed by atoms with van der Waals surface area (Å²) in [7, 11) is 3.28. The molecule has 3 amide bonds. The van der Waals surface area contributed by atoms with E-state index in [2.05, 4.69) is 29.6 Å². The van der Waals surface area contributed by atoms with Crippen LogP contribution in [0, 0.1) is 5.92 Å². The number of benzene rings is 4. The number of carbonyl (C=O) groups excluding carboxylic acids is 3. The van der Waals surface area contributed by atoms with E-state index < -0.39 is 23.9 Å². The Morgan fingerprint density at radius 3 is 2.20 bits per heavy atom. The normalized spacial score (nSPS) is 17.1. The molecule has 0 unspecified atom stereocenters. The van der Waals surface area contributed by atoms with E-state index in [-0.39, 0.29) is 60.5 Å². The lowest BCUT2D eigenvalue weighted by atomic mass is 9.98. The van der Waals surface area contributed by atoms with Crippen LogP contribution in [0.3, 0.4) is 0 Å². The average Bonchev–Trinajstić information content (AvgIpc) is 3.48. The average molecular weight is 750 g/mol. The standard InChI is InChI=1S/C44H51N3O8/c1-28-23-47(29(2)25-52-26-30-19-21-31(51-7)22-20-30)41(48)36-17-12-18-38(40(36)54-39(28)24-46(6)43(50)55-44(3,4)5)45-42(49)53-27-37-34-15-10-8-13-32(34)33-14-9-11-16-35(33)37/h8-22,28-29,37,39H,23-27H2,1-7H3,(H,45,49)/t28-,29+,39+/m1/s1. The van der Waals surface area contributed by atoms with Crippen molar-refractivity contribution in [3.05, 3.63) is 113 Å². The molecule has 2 aliphatic rings. The molecule has 0 spiro atoms. The first-order valence-corrected chi connectivity index (χ1v) is 18.7. The number of amides is 3. The summed E-state index contributed by atoms with van der Waals surface area (Å²) in [6.45, 7) is 10.6. The molecule has 1 N–H and O–H groups in total. The van der Waals surface area contributed by atoms with Gasteiger partial charge in [0.05, 0.1) is 44.2 Å². The van der Waals surface area contributed by atoms with E-state index in [1.165, 1.54) is 4.90 Å². The molecule has 0 fully saturated rings. The molecule has 1 aliphatic heterocycles. The predicted octanol–water partition coefficient (Wildman–Crippen LogP) is 8.37. The molecule has 11 heteroatoms. The maximum atomic E-state index is 14.4. The molecule has 4 aromatic carbocycles. The fraction of sp³-hybridized carbons (Fsp3) is 0.386. The summed E-state index contributed by atoms with van der Waals surface area (Å²) in [6, 6.07) is 28.7. The topological polar surface area (TPSA) is 116 Å². The maximum Gasteiger partial charge on any atom is 0.411 e. The van der Waals surface area contributed by atoms with E-state index in [1.54, 1.807) is 37.3 Å². The van der Waals surface area contributed by atoms with Crippen molar-refractivity contribution >= 4 is 23.8 Å². The Labute approximate surface area is 323 Å². The van der Waals surface area contributed by atoms with Crippen LogP contribution in [0.15, 0.2) is 91.0 Å². The number of hydrogen-bond acceptors (Lipinski definition) is 8. The van der Waals surface area contributed by atoms with Gasteiger partial charge >= 0.3 is 12.2 Å². The number of fused-ring (bicyclic) bond motifs is 4. The summed E-state index contributed by atoms with van der Waals surface area (Å²) >= 11 is 0. The van der Waals surface area contributed by atoms with E-state index in [1.807, 2.05) is 83.1 Å². The summed E-state index contributed by atoms with van der Waals surface area (Å²) in [4.78, 5) is 44.2. The first-order chi connectivity index (χ1) is 26.3. The summed E-state index contributed by atoms with van der Waals surface area (Å²) in [5.74, 6) is 0.332. The lowest BCUT2D eigenvalue weighted by Gasteiger charge is -2.39. The van der Waals surface area contributed by atoms with Gasteiger partial charge < -0.3 is 33.5 Å². The maximum absolute atomic E-state index is 14.4. The number of ether oxygens (including phenoxy) is 5. The zero-order chi connectivity index (χ0) is 39.3. The molecule has 6 rings (SSSR count). The molecule has 0 aromatic heterocycles. The van der Waals surface area contributed by atoms with E-state index in [9.17, 15) is 14.4 Å². The summed E-state index contributed by atoms with van der Waals surface area (Å²) in [6.07, 6.45) is -1.75. The number of carbonyl (C=O) groups is 3. The molecule has 0 saturated heterocycles. The molecular weight excluding hydrogens is 698 g/mol. The molecule has 1 aliphatic carbocycles. The predicted molar refractivity (Wildman–Crippen MR) is 211 cm³/mol. The summed E-state index contributed by atoms with van der Waals surface area (Å²) in [5.41, 5.74) is 5.31. The first-order valence-electron chi connectivity index (χ1n) is 18.7. The van der Waals surface area contributed by atoms with Crippen LogP contribution in [-0.2, 0) is 20.8 Å². The van der Waals surface area contributed by atoms with Gasteiger partial charge in [-0.05, 0) is 79.8 Å². The molecule has 0 saturated carbocycles. The van der Waals surface area contributed by atoms with Gasteiger partial charge in [-0.3, -0.25) is 10.1 Å². The van der Waals surface area contributed by atoms with Gasteiger partial charge in [0, 0.05) is 25.4 Å². The number of hydrogen-bond donors (Lipinski definition) is 1. The minimum absolute atomic E-state index is 0.122. The number of anilines is 1. The van der Waals surface area contributed by atoms with Gasteiger partial charge in [-0.15, -0.1) is 0 Å². The molecule has 0 bridgehead atoms. The molecule has 55 heavy (non-hydrogen) atoms. The smallest absolute Gasteiger partial charge is 0.411 e. The second kappa shape index (κ2) is 16.9. The van der Waals surface area contributed by atoms with Crippen LogP contribution < -0.4 is 14.8 Å². The third-order valence-electron chi connectivity index (χ3n) is 9.95. The monoisotopic (exact) mass is 749 g/mol. The molecule has 3 atom stereocenters. The van der Waals surface area contributed by atoms with Crippen molar-refractivity contribution < 1.29 is 38.1 Å². The minimum atomic E-state index is -0.685. The molecular formula is C44H51N3O8. The van der Waals surface area contributed by atoms with Crippen LogP contribution in [0.1, 0.15) is 67.6 Å². The van der Waals surface area contributed by atoms with Gasteiger partial charge in [-0.25, -0.2) is 9.59 Å². The SMILES string of the molecule is COc1ccc(COC[C@H](C)N2C[C@@H](C)[C@H](CN(C)C(=O)OC(C)(C)C)Oc3c(NC(=O)OCC4c5ccccc5-c5ccccc54)cccc3C2=O)cc1. The Morgan fingerprint density at radius 2 is 1.56 bits per heavy atom. The third kappa shape index (κ3) is 9.23. The molecule has 4 aromatic rings. The lowest BCUT2D eigenvalue weighted by molar-refractivity contribution is 0.00741. The highest BCUT2D eigenvalue weighted by Crippen LogP contribution is 2.44. The van der Waals surface area contributed by atoms with E-state index in [0.29, 0.717) is 13.2 Å². The van der Waals surface area contributed by atoms with Crippen LogP contribution in [0.4, 0.5) is 15.3 Å². The zero-order valence-electron chi connectivity index (χ0n) is 32.7. The van der Waals surface area contributed by atoms with Crippen LogP contribution in [0.5, 0.6) is 11.5 Å². The van der Waals surface area contributed by atoms with E-state index in [4.69, 9.17) is 23.7 Å². The molecule has 290 valence electrons. The largest absolute Gasteiger partial charge is 0.497 e. The second-order valence-corrected chi connectivity index (χ2v) is 15.3. The van der Waals surface area contributed by atoms with Crippen LogP contribution in [-0.4, -0.2) is 86.1 Å². The molecule has 11 nitrogen and oxygen atoms in total. The van der Waals surface area contributed by atoms with Crippen LogP contribution >= 0.6 is 0 Å². The summed E-state index contributed by atoms with van der Waals surface area (Å²) in [5, 5.41) is 2.86. The van der Waals surface area contributed by atoms with Crippen molar-refractivity contribution in [2.24, 2.45) is 5.92 Å². The van der Waals surface area contributed by atoms with Crippen molar-refractivity contribution in [3.63, 3.8) is 0 Å². The van der Waals surface area contributed by atoms with Crippen molar-refractivity contribution in [2.75, 3.05) is 45.8 Å². The van der Waals surface area contributed by atoms with Gasteiger partial charge in [-0.2, -0.15) is 0 Å². The Hall–Kier alpha value is -5.55. The molecule has 1 heterocycles. The van der Waals surface area contributed by atoms with Crippen molar-refractivity contribution in [2.45, 2.75) is 64.9 Å². The number of likely N-dealkylation sites (N-methyl/N-ethyl adjacent to an activating group) is 1. The number of nitrogens with one attached hydrogen (secondary N) is 1. The number of para-hydroxylation sites is 1. The van der Waals surface area contributed by atoms with Crippen molar-refractivity contribution in [3.8, 4) is 22.6 Å². The van der Waals surface area contributed by atoms with Gasteiger partial charge in [0.1, 0.15) is 24.1 Å². The number of methoxy groups -OCH3 is 1. The fourth-order valence-electron chi connectivity index (χ4n) is 7.05. The quantitative estimate of drug-likeness (QED) is 0.163. The zero-order valence-corrected chi connectivity index (χ0v) is 32.7. The molecule has 0 radical (unpaired) electrons. The van der Waals surface area contributed by atoms with Crippen LogP contribution in [0.25, 0.3) is 11.1 Å². The first kappa shape index (κ1) is 39.2. The van der Waals surface area contributed by atoms with Crippen molar-refractivity contribution in [1.29, 1.82) is 0 Å². The third-order valence-corrected chi connectivity index (χ3v) is 9.95. The van der Waals surface area contributed by atoms with Gasteiger partial charge in [0.25, 0.3) is 5.91 Å². The highest BCUT2D eigenvalue weighted by atomic mass is 16.6. The highest BCUT2D eigenvalue weighted by Gasteiger charge is 2.36. The minimum Gasteiger partial charge on any atom is -0.497 e. The van der Waals surface area contributed by atoms with Gasteiger partial charge in [0.2, 0.25) is 0 Å². The van der Waals surface area contributed by atoms with Gasteiger partial charge in [0.15, 0.2) is 5.75 Å². The van der Waals surface area contributed by atoms with E-state index in [0.717, 1.165) is 33.6 Å². The Bertz CT molecular complexity index is 1950. The Morgan fingerprint density at radius 1 is 0.927 bits per heavy atom. The number of nitrogens with zero attached hydrogens (tertiary/aromatic N) is 2. The van der Waals surface area contributed by atoms with Crippen LogP contribution in [0.2, 0.25) is 0 Å². The summed E-state index contributed by atoms with van der Waals surface area (Å²) < 4.78 is 29.5. The Balaban J connectivity index is 1.23.